The lowest BCUT2D eigenvalue weighted by Gasteiger charge is -2.26. The molecule has 2 N–H and O–H groups in total. The number of rotatable bonds is 3. The van der Waals surface area contributed by atoms with E-state index in [1.807, 2.05) is 31.2 Å². The van der Waals surface area contributed by atoms with Crippen LogP contribution in [0.4, 0.5) is 4.39 Å². The van der Waals surface area contributed by atoms with Crippen LogP contribution >= 0.6 is 0 Å². The number of fused-ring (bicyclic) bond motifs is 1. The summed E-state index contributed by atoms with van der Waals surface area (Å²) in [6.45, 7) is 1.95. The molecule has 3 aromatic carbocycles. The Morgan fingerprint density at radius 3 is 2.33 bits per heavy atom. The number of halogens is 1. The van der Waals surface area contributed by atoms with Gasteiger partial charge < -0.3 is 5.73 Å². The fourth-order valence-corrected chi connectivity index (χ4v) is 2.68. The molecule has 0 saturated carbocycles. The molecule has 0 spiro atoms. The molecule has 1 atom stereocenters. The molecule has 2 heteroatoms. The van der Waals surface area contributed by atoms with Crippen LogP contribution in [-0.2, 0) is 12.0 Å². The normalized spacial score (nSPS) is 14.0. The summed E-state index contributed by atoms with van der Waals surface area (Å²) in [6, 6.07) is 21.2. The first-order valence-corrected chi connectivity index (χ1v) is 7.08. The van der Waals surface area contributed by atoms with Crippen molar-refractivity contribution in [3.05, 3.63) is 83.7 Å². The van der Waals surface area contributed by atoms with E-state index >= 15 is 0 Å². The van der Waals surface area contributed by atoms with Crippen LogP contribution < -0.4 is 5.73 Å². The zero-order valence-electron chi connectivity index (χ0n) is 12.0. The Labute approximate surface area is 124 Å². The molecule has 0 saturated heterocycles. The summed E-state index contributed by atoms with van der Waals surface area (Å²) in [6.07, 6.45) is 0.470. The van der Waals surface area contributed by atoms with Gasteiger partial charge in [-0.1, -0.05) is 54.6 Å². The van der Waals surface area contributed by atoms with Crippen LogP contribution in [0.1, 0.15) is 18.1 Å². The Hall–Kier alpha value is -2.19. The van der Waals surface area contributed by atoms with Crippen LogP contribution in [0.25, 0.3) is 10.8 Å². The lowest BCUT2D eigenvalue weighted by Crippen LogP contribution is -2.35. The van der Waals surface area contributed by atoms with Gasteiger partial charge in [-0.25, -0.2) is 4.39 Å². The predicted octanol–water partition coefficient (Wildman–Crippen LogP) is 4.40. The topological polar surface area (TPSA) is 26.0 Å². The van der Waals surface area contributed by atoms with Crippen molar-refractivity contribution in [2.45, 2.75) is 18.9 Å². The second-order valence-electron chi connectivity index (χ2n) is 5.75. The average molecular weight is 279 g/mol. The Balaban J connectivity index is 1.97. The maximum atomic E-state index is 13.8. The highest BCUT2D eigenvalue weighted by atomic mass is 19.1. The molecule has 0 radical (unpaired) electrons. The van der Waals surface area contributed by atoms with Gasteiger partial charge in [-0.3, -0.25) is 0 Å². The van der Waals surface area contributed by atoms with E-state index in [0.29, 0.717) is 12.0 Å². The van der Waals surface area contributed by atoms with Crippen LogP contribution in [0.3, 0.4) is 0 Å². The molecule has 0 aliphatic carbocycles. The quantitative estimate of drug-likeness (QED) is 0.755. The van der Waals surface area contributed by atoms with Crippen molar-refractivity contribution >= 4 is 10.8 Å². The summed E-state index contributed by atoms with van der Waals surface area (Å²) in [4.78, 5) is 0. The molecule has 0 aliphatic rings. The maximum Gasteiger partial charge on any atom is 0.126 e. The average Bonchev–Trinajstić information content (AvgIpc) is 2.49. The Morgan fingerprint density at radius 1 is 0.905 bits per heavy atom. The molecule has 21 heavy (non-hydrogen) atoms. The first-order valence-electron chi connectivity index (χ1n) is 7.08. The lowest BCUT2D eigenvalue weighted by molar-refractivity contribution is 0.476. The summed E-state index contributed by atoms with van der Waals surface area (Å²) in [5.41, 5.74) is 7.53. The van der Waals surface area contributed by atoms with Crippen molar-refractivity contribution in [3.63, 3.8) is 0 Å². The zero-order valence-corrected chi connectivity index (χ0v) is 12.0. The fourth-order valence-electron chi connectivity index (χ4n) is 2.68. The summed E-state index contributed by atoms with van der Waals surface area (Å²) < 4.78 is 13.8. The van der Waals surface area contributed by atoms with Crippen molar-refractivity contribution in [2.75, 3.05) is 0 Å². The minimum absolute atomic E-state index is 0.199. The highest BCUT2D eigenvalue weighted by Gasteiger charge is 2.23. The summed E-state index contributed by atoms with van der Waals surface area (Å²) >= 11 is 0. The Morgan fingerprint density at radius 2 is 1.57 bits per heavy atom. The molecule has 3 rings (SSSR count). The van der Waals surface area contributed by atoms with Crippen LogP contribution in [0.5, 0.6) is 0 Å². The van der Waals surface area contributed by atoms with Crippen molar-refractivity contribution in [1.82, 2.24) is 0 Å². The third-order valence-electron chi connectivity index (χ3n) is 3.92. The Bertz CT molecular complexity index is 777. The molecule has 3 aromatic rings. The number of nitrogens with two attached hydrogens (primary N) is 1. The molecular weight excluding hydrogens is 261 g/mol. The van der Waals surface area contributed by atoms with E-state index < -0.39 is 5.54 Å². The number of benzene rings is 3. The van der Waals surface area contributed by atoms with Gasteiger partial charge in [0.25, 0.3) is 0 Å². The van der Waals surface area contributed by atoms with Crippen molar-refractivity contribution < 1.29 is 4.39 Å². The second kappa shape index (κ2) is 5.30. The smallest absolute Gasteiger partial charge is 0.126 e. The van der Waals surface area contributed by atoms with Gasteiger partial charge in [0.2, 0.25) is 0 Å². The standard InChI is InChI=1S/C19H18FN/c1-19(21,13-16-8-4-5-9-18(16)20)17-11-10-14-6-2-3-7-15(14)12-17/h2-12H,13,21H2,1H3. The van der Waals surface area contributed by atoms with Crippen molar-refractivity contribution in [2.24, 2.45) is 5.73 Å². The van der Waals surface area contributed by atoms with E-state index in [9.17, 15) is 4.39 Å². The Kier molecular flexibility index (Phi) is 3.48. The van der Waals surface area contributed by atoms with Gasteiger partial charge in [0.05, 0.1) is 0 Å². The third kappa shape index (κ3) is 2.81. The molecule has 0 aliphatic heterocycles. The third-order valence-corrected chi connectivity index (χ3v) is 3.92. The minimum atomic E-state index is -0.605. The molecule has 0 fully saturated rings. The monoisotopic (exact) mass is 279 g/mol. The molecular formula is C19H18FN. The van der Waals surface area contributed by atoms with E-state index in [1.54, 1.807) is 12.1 Å². The highest BCUT2D eigenvalue weighted by Crippen LogP contribution is 2.27. The molecule has 0 heterocycles. The highest BCUT2D eigenvalue weighted by molar-refractivity contribution is 5.83. The van der Waals surface area contributed by atoms with Crippen LogP contribution in [-0.4, -0.2) is 0 Å². The van der Waals surface area contributed by atoms with Crippen molar-refractivity contribution in [1.29, 1.82) is 0 Å². The van der Waals surface area contributed by atoms with E-state index in [2.05, 4.69) is 24.3 Å². The lowest BCUT2D eigenvalue weighted by atomic mass is 9.85. The van der Waals surface area contributed by atoms with E-state index in [4.69, 9.17) is 5.73 Å². The van der Waals surface area contributed by atoms with Gasteiger partial charge in [0.1, 0.15) is 5.82 Å². The van der Waals surface area contributed by atoms with Gasteiger partial charge in [-0.05, 0) is 47.4 Å². The van der Waals surface area contributed by atoms with Crippen LogP contribution in [0.15, 0.2) is 66.7 Å². The molecule has 1 nitrogen and oxygen atoms in total. The number of hydrogen-bond donors (Lipinski definition) is 1. The number of hydrogen-bond acceptors (Lipinski definition) is 1. The van der Waals surface area contributed by atoms with Crippen LogP contribution in [0, 0.1) is 5.82 Å². The largest absolute Gasteiger partial charge is 0.321 e. The second-order valence-corrected chi connectivity index (χ2v) is 5.75. The van der Waals surface area contributed by atoms with Gasteiger partial charge in [0, 0.05) is 5.54 Å². The molecule has 0 bridgehead atoms. The van der Waals surface area contributed by atoms with Gasteiger partial charge in [-0.2, -0.15) is 0 Å². The maximum absolute atomic E-state index is 13.8. The first-order chi connectivity index (χ1) is 10.1. The first kappa shape index (κ1) is 13.8. The zero-order chi connectivity index (χ0) is 14.9. The predicted molar refractivity (Wildman–Crippen MR) is 85.6 cm³/mol. The van der Waals surface area contributed by atoms with Gasteiger partial charge in [0.15, 0.2) is 0 Å². The van der Waals surface area contributed by atoms with E-state index in [0.717, 1.165) is 10.9 Å². The summed E-state index contributed by atoms with van der Waals surface area (Å²) in [7, 11) is 0. The summed E-state index contributed by atoms with van der Waals surface area (Å²) in [5, 5.41) is 2.34. The molecule has 0 amide bonds. The molecule has 106 valence electrons. The summed E-state index contributed by atoms with van der Waals surface area (Å²) in [5.74, 6) is -0.199. The fraction of sp³-hybridized carbons (Fsp3) is 0.158. The van der Waals surface area contributed by atoms with Gasteiger partial charge >= 0.3 is 0 Å². The van der Waals surface area contributed by atoms with Gasteiger partial charge in [-0.15, -0.1) is 0 Å². The van der Waals surface area contributed by atoms with Crippen LogP contribution in [0.2, 0.25) is 0 Å². The van der Waals surface area contributed by atoms with Crippen molar-refractivity contribution in [3.8, 4) is 0 Å². The minimum Gasteiger partial charge on any atom is -0.321 e. The van der Waals surface area contributed by atoms with E-state index in [1.165, 1.54) is 11.5 Å². The van der Waals surface area contributed by atoms with E-state index in [-0.39, 0.29) is 5.82 Å². The molecule has 1 unspecified atom stereocenters. The SMILES string of the molecule is CC(N)(Cc1ccccc1F)c1ccc2ccccc2c1. The molecule has 0 aromatic heterocycles.